The second-order valence-electron chi connectivity index (χ2n) is 1.99. The minimum Gasteiger partial charge on any atom is -0.258 e. The predicted octanol–water partition coefficient (Wildman–Crippen LogP) is 1.95. The van der Waals surface area contributed by atoms with Gasteiger partial charge in [0.15, 0.2) is 11.6 Å². The first-order valence-electron chi connectivity index (χ1n) is 2.84. The van der Waals surface area contributed by atoms with Crippen molar-refractivity contribution in [3.8, 4) is 0 Å². The molecule has 0 spiro atoms. The smallest absolute Gasteiger partial charge is 0.258 e. The molecule has 7 heteroatoms. The lowest BCUT2D eigenvalue weighted by Gasteiger charge is -1.97. The van der Waals surface area contributed by atoms with Crippen molar-refractivity contribution >= 4 is 5.69 Å². The molecule has 1 aromatic rings. The van der Waals surface area contributed by atoms with Crippen LogP contribution in [-0.4, -0.2) is 4.92 Å². The van der Waals surface area contributed by atoms with Gasteiger partial charge in [0, 0.05) is 0 Å². The minimum atomic E-state index is -2.07. The summed E-state index contributed by atoms with van der Waals surface area (Å²) in [7, 11) is 0. The summed E-state index contributed by atoms with van der Waals surface area (Å²) in [5.41, 5.74) is -1.85. The van der Waals surface area contributed by atoms with Crippen LogP contribution in [0.4, 0.5) is 23.2 Å². The van der Waals surface area contributed by atoms with Crippen LogP contribution in [-0.2, 0) is 0 Å². The van der Waals surface area contributed by atoms with Crippen LogP contribution in [0.5, 0.6) is 0 Å². The van der Waals surface area contributed by atoms with Crippen LogP contribution >= 0.6 is 0 Å². The van der Waals surface area contributed by atoms with E-state index >= 15 is 0 Å². The van der Waals surface area contributed by atoms with E-state index in [1.807, 2.05) is 0 Å². The number of hydrogen-bond acceptors (Lipinski definition) is 2. The summed E-state index contributed by atoms with van der Waals surface area (Å²) in [5, 5.41) is 9.93. The molecule has 1 radical (unpaired) electrons. The summed E-state index contributed by atoms with van der Waals surface area (Å²) < 4.78 is 49.4. The van der Waals surface area contributed by atoms with E-state index in [2.05, 4.69) is 0 Å². The van der Waals surface area contributed by atoms with Crippen LogP contribution in [0, 0.1) is 39.4 Å². The maximum absolute atomic E-state index is 12.4. The standard InChI is InChI=1S/C6F4NO2/c7-2-1-3(8)5(10)6(4(2)9)11(12)13. The third kappa shape index (κ3) is 1.44. The first-order valence-corrected chi connectivity index (χ1v) is 2.84. The Labute approximate surface area is 68.7 Å². The predicted molar refractivity (Wildman–Crippen MR) is 31.8 cm³/mol. The van der Waals surface area contributed by atoms with Crippen LogP contribution in [0.3, 0.4) is 0 Å². The van der Waals surface area contributed by atoms with Crippen molar-refractivity contribution < 1.29 is 22.5 Å². The van der Waals surface area contributed by atoms with Crippen LogP contribution in [0.15, 0.2) is 0 Å². The SMILES string of the molecule is O=[N+]([O-])c1c(F)c(F)[c]c(F)c1F. The lowest BCUT2D eigenvalue weighted by molar-refractivity contribution is -0.390. The van der Waals surface area contributed by atoms with E-state index in [0.29, 0.717) is 0 Å². The molecule has 1 aromatic carbocycles. The van der Waals surface area contributed by atoms with Crippen LogP contribution in [0.1, 0.15) is 0 Å². The van der Waals surface area contributed by atoms with Gasteiger partial charge < -0.3 is 0 Å². The normalized spacial score (nSPS) is 10.2. The van der Waals surface area contributed by atoms with E-state index in [0.717, 1.165) is 6.07 Å². The average molecular weight is 194 g/mol. The third-order valence-electron chi connectivity index (χ3n) is 1.20. The fourth-order valence-electron chi connectivity index (χ4n) is 0.671. The molecular weight excluding hydrogens is 194 g/mol. The summed E-state index contributed by atoms with van der Waals surface area (Å²) in [6.45, 7) is 0. The molecule has 0 bridgehead atoms. The molecule has 69 valence electrons. The molecule has 13 heavy (non-hydrogen) atoms. The molecule has 0 N–H and O–H groups in total. The van der Waals surface area contributed by atoms with Gasteiger partial charge in [-0.15, -0.1) is 0 Å². The van der Waals surface area contributed by atoms with Gasteiger partial charge in [-0.3, -0.25) is 10.1 Å². The summed E-state index contributed by atoms with van der Waals surface area (Å²) in [6.07, 6.45) is 0. The van der Waals surface area contributed by atoms with E-state index in [-0.39, 0.29) is 0 Å². The van der Waals surface area contributed by atoms with Gasteiger partial charge in [-0.25, -0.2) is 8.78 Å². The molecule has 3 nitrogen and oxygen atoms in total. The molecule has 0 aliphatic heterocycles. The number of halogens is 4. The molecule has 0 aromatic heterocycles. The van der Waals surface area contributed by atoms with E-state index in [1.54, 1.807) is 0 Å². The fraction of sp³-hybridized carbons (Fsp3) is 0. The zero-order chi connectivity index (χ0) is 10.2. The second kappa shape index (κ2) is 3.00. The molecular formula is C6F4NO2. The summed E-state index contributed by atoms with van der Waals surface area (Å²) in [4.78, 5) is 8.37. The summed E-state index contributed by atoms with van der Waals surface area (Å²) in [5.74, 6) is -7.98. The number of hydrogen-bond donors (Lipinski definition) is 0. The van der Waals surface area contributed by atoms with Crippen LogP contribution < -0.4 is 0 Å². The van der Waals surface area contributed by atoms with E-state index in [4.69, 9.17) is 0 Å². The Hall–Kier alpha value is -1.66. The van der Waals surface area contributed by atoms with Crippen molar-refractivity contribution in [3.63, 3.8) is 0 Å². The van der Waals surface area contributed by atoms with Gasteiger partial charge in [-0.1, -0.05) is 0 Å². The van der Waals surface area contributed by atoms with Gasteiger partial charge in [0.1, 0.15) is 0 Å². The number of rotatable bonds is 1. The van der Waals surface area contributed by atoms with Crippen molar-refractivity contribution in [2.24, 2.45) is 0 Å². The number of nitro benzene ring substituents is 1. The lowest BCUT2D eigenvalue weighted by Crippen LogP contribution is -2.02. The maximum Gasteiger partial charge on any atom is 0.346 e. The van der Waals surface area contributed by atoms with Crippen LogP contribution in [0.2, 0.25) is 0 Å². The van der Waals surface area contributed by atoms with Gasteiger partial charge in [-0.05, 0) is 0 Å². The molecule has 0 saturated carbocycles. The molecule has 0 unspecified atom stereocenters. The van der Waals surface area contributed by atoms with Crippen molar-refractivity contribution in [2.75, 3.05) is 0 Å². The Morgan fingerprint density at radius 3 is 1.77 bits per heavy atom. The zero-order valence-electron chi connectivity index (χ0n) is 5.78. The summed E-state index contributed by atoms with van der Waals surface area (Å²) in [6, 6.07) is 1.01. The highest BCUT2D eigenvalue weighted by molar-refractivity contribution is 5.34. The molecule has 0 atom stereocenters. The fourth-order valence-corrected chi connectivity index (χ4v) is 0.671. The molecule has 0 heterocycles. The van der Waals surface area contributed by atoms with Crippen LogP contribution in [0.25, 0.3) is 0 Å². The molecule has 1 rings (SSSR count). The van der Waals surface area contributed by atoms with E-state index in [9.17, 15) is 27.7 Å². The van der Waals surface area contributed by atoms with Gasteiger partial charge in [0.25, 0.3) is 0 Å². The van der Waals surface area contributed by atoms with Crippen molar-refractivity contribution in [1.82, 2.24) is 0 Å². The second-order valence-corrected chi connectivity index (χ2v) is 1.99. The molecule has 0 aliphatic carbocycles. The zero-order valence-corrected chi connectivity index (χ0v) is 5.78. The Bertz CT molecular complexity index is 353. The molecule has 0 amide bonds. The number of benzene rings is 1. The Morgan fingerprint density at radius 2 is 1.46 bits per heavy atom. The number of nitrogens with zero attached hydrogens (tertiary/aromatic N) is 1. The lowest BCUT2D eigenvalue weighted by atomic mass is 10.2. The maximum atomic E-state index is 12.4. The van der Waals surface area contributed by atoms with Gasteiger partial charge in [0.05, 0.1) is 11.0 Å². The largest absolute Gasteiger partial charge is 0.346 e. The van der Waals surface area contributed by atoms with Gasteiger partial charge in [-0.2, -0.15) is 8.78 Å². The Kier molecular flexibility index (Phi) is 2.18. The first kappa shape index (κ1) is 9.43. The highest BCUT2D eigenvalue weighted by Gasteiger charge is 2.28. The average Bonchev–Trinajstić information content (AvgIpc) is 2.01. The van der Waals surface area contributed by atoms with Gasteiger partial charge in [0.2, 0.25) is 11.6 Å². The van der Waals surface area contributed by atoms with Crippen molar-refractivity contribution in [3.05, 3.63) is 39.4 Å². The topological polar surface area (TPSA) is 43.1 Å². The monoisotopic (exact) mass is 194 g/mol. The van der Waals surface area contributed by atoms with Crippen molar-refractivity contribution in [1.29, 1.82) is 0 Å². The molecule has 0 aliphatic rings. The Morgan fingerprint density at radius 1 is 1.08 bits per heavy atom. The van der Waals surface area contributed by atoms with E-state index < -0.39 is 33.9 Å². The first-order chi connectivity index (χ1) is 5.95. The number of nitro groups is 1. The highest BCUT2D eigenvalue weighted by atomic mass is 19.2. The minimum absolute atomic E-state index is 1.01. The van der Waals surface area contributed by atoms with Gasteiger partial charge >= 0.3 is 5.69 Å². The Balaban J connectivity index is 3.56. The quantitative estimate of drug-likeness (QED) is 0.297. The van der Waals surface area contributed by atoms with E-state index in [1.165, 1.54) is 0 Å². The van der Waals surface area contributed by atoms with Crippen molar-refractivity contribution in [2.45, 2.75) is 0 Å². The highest BCUT2D eigenvalue weighted by Crippen LogP contribution is 2.25. The third-order valence-corrected chi connectivity index (χ3v) is 1.20. The molecule has 0 fully saturated rings. The molecule has 0 saturated heterocycles. The summed E-state index contributed by atoms with van der Waals surface area (Å²) >= 11 is 0.